The average Bonchev–Trinajstić information content (AvgIpc) is 2.52. The van der Waals surface area contributed by atoms with Crippen LogP contribution in [0.2, 0.25) is 0 Å². The summed E-state index contributed by atoms with van der Waals surface area (Å²) in [5.41, 5.74) is 0. The molecule has 1 N–H and O–H groups in total. The second-order valence-electron chi connectivity index (χ2n) is 5.38. The van der Waals surface area contributed by atoms with E-state index in [4.69, 9.17) is 0 Å². The van der Waals surface area contributed by atoms with Crippen molar-refractivity contribution in [1.82, 2.24) is 5.32 Å². The summed E-state index contributed by atoms with van der Waals surface area (Å²) in [4.78, 5) is 11.9. The first-order chi connectivity index (χ1) is 8.55. The van der Waals surface area contributed by atoms with Crippen LogP contribution in [0, 0.1) is 5.92 Å². The Morgan fingerprint density at radius 2 is 1.83 bits per heavy atom. The third-order valence-corrected chi connectivity index (χ3v) is 5.14. The predicted molar refractivity (Wildman–Crippen MR) is 70.7 cm³/mol. The van der Waals surface area contributed by atoms with Gasteiger partial charge in [-0.15, -0.1) is 0 Å². The molecule has 2 rings (SSSR count). The van der Waals surface area contributed by atoms with E-state index in [1.54, 1.807) is 6.08 Å². The van der Waals surface area contributed by atoms with Crippen LogP contribution < -0.4 is 5.32 Å². The monoisotopic (exact) mass is 271 g/mol. The molecule has 1 aliphatic heterocycles. The normalized spacial score (nSPS) is 27.9. The molecule has 1 unspecified atom stereocenters. The van der Waals surface area contributed by atoms with E-state index in [-0.39, 0.29) is 17.6 Å². The van der Waals surface area contributed by atoms with Gasteiger partial charge in [0.15, 0.2) is 9.84 Å². The number of hydrogen-bond acceptors (Lipinski definition) is 3. The maximum atomic E-state index is 11.9. The summed E-state index contributed by atoms with van der Waals surface area (Å²) in [5, 5.41) is 4.28. The fourth-order valence-corrected chi connectivity index (χ4v) is 4.11. The molecule has 0 aromatic rings. The van der Waals surface area contributed by atoms with Crippen molar-refractivity contribution in [2.75, 3.05) is 5.75 Å². The van der Waals surface area contributed by atoms with Gasteiger partial charge in [0.1, 0.15) is 0 Å². The molecule has 0 saturated heterocycles. The van der Waals surface area contributed by atoms with Crippen LogP contribution in [-0.4, -0.2) is 26.1 Å². The fourth-order valence-electron chi connectivity index (χ4n) is 2.72. The van der Waals surface area contributed by atoms with Crippen molar-refractivity contribution in [3.63, 3.8) is 0 Å². The number of nitrogens with one attached hydrogen (secondary N) is 1. The molecule has 5 heteroatoms. The van der Waals surface area contributed by atoms with E-state index < -0.39 is 9.84 Å². The van der Waals surface area contributed by atoms with E-state index in [1.165, 1.54) is 31.1 Å². The van der Waals surface area contributed by atoms with Crippen LogP contribution in [0.3, 0.4) is 0 Å². The highest BCUT2D eigenvalue weighted by Crippen LogP contribution is 2.20. The standard InChI is InChI=1S/C13H21NO3S/c15-13(9-11-7-8-18(16,17)10-11)14-12-5-3-1-2-4-6-12/h7-8,11-12H,1-6,9-10H2,(H,14,15). The van der Waals surface area contributed by atoms with Gasteiger partial charge in [-0.25, -0.2) is 8.42 Å². The highest BCUT2D eigenvalue weighted by molar-refractivity contribution is 7.94. The van der Waals surface area contributed by atoms with Crippen LogP contribution >= 0.6 is 0 Å². The molecule has 0 radical (unpaired) electrons. The maximum Gasteiger partial charge on any atom is 0.220 e. The number of rotatable bonds is 3. The van der Waals surface area contributed by atoms with Crippen molar-refractivity contribution >= 4 is 15.7 Å². The molecule has 1 saturated carbocycles. The van der Waals surface area contributed by atoms with Gasteiger partial charge in [0.05, 0.1) is 5.75 Å². The van der Waals surface area contributed by atoms with E-state index in [2.05, 4.69) is 5.32 Å². The van der Waals surface area contributed by atoms with Crippen molar-refractivity contribution in [2.24, 2.45) is 5.92 Å². The van der Waals surface area contributed by atoms with E-state index >= 15 is 0 Å². The summed E-state index contributed by atoms with van der Waals surface area (Å²) in [6, 6.07) is 0.294. The molecule has 18 heavy (non-hydrogen) atoms. The first kappa shape index (κ1) is 13.6. The molecule has 1 heterocycles. The van der Waals surface area contributed by atoms with Crippen LogP contribution in [0.25, 0.3) is 0 Å². The number of allylic oxidation sites excluding steroid dienone is 1. The molecule has 1 aliphatic carbocycles. The molecule has 2 aliphatic rings. The first-order valence-corrected chi connectivity index (χ1v) is 8.47. The zero-order valence-corrected chi connectivity index (χ0v) is 11.4. The molecule has 0 spiro atoms. The molecule has 102 valence electrons. The number of sulfone groups is 1. The third-order valence-electron chi connectivity index (χ3n) is 3.67. The summed E-state index contributed by atoms with van der Waals surface area (Å²) in [7, 11) is -3.04. The van der Waals surface area contributed by atoms with Crippen LogP contribution in [0.1, 0.15) is 44.9 Å². The lowest BCUT2D eigenvalue weighted by atomic mass is 10.1. The minimum absolute atomic E-state index is 0.00588. The van der Waals surface area contributed by atoms with Crippen molar-refractivity contribution in [3.05, 3.63) is 11.5 Å². The van der Waals surface area contributed by atoms with E-state index in [9.17, 15) is 13.2 Å². The second-order valence-corrected chi connectivity index (χ2v) is 7.31. The summed E-state index contributed by atoms with van der Waals surface area (Å²) in [6.45, 7) is 0. The van der Waals surface area contributed by atoms with Gasteiger partial charge >= 0.3 is 0 Å². The topological polar surface area (TPSA) is 63.2 Å². The third kappa shape index (κ3) is 4.12. The molecule has 4 nitrogen and oxygen atoms in total. The SMILES string of the molecule is O=C(CC1C=CS(=O)(=O)C1)NC1CCCCCC1. The molecule has 1 amide bonds. The lowest BCUT2D eigenvalue weighted by Crippen LogP contribution is -2.35. The summed E-state index contributed by atoms with van der Waals surface area (Å²) in [5.74, 6) is -0.0557. The van der Waals surface area contributed by atoms with Gasteiger partial charge < -0.3 is 5.32 Å². The largest absolute Gasteiger partial charge is 0.353 e. The lowest BCUT2D eigenvalue weighted by Gasteiger charge is -2.17. The number of carbonyl (C=O) groups is 1. The van der Waals surface area contributed by atoms with Gasteiger partial charge in [-0.05, 0) is 12.8 Å². The quantitative estimate of drug-likeness (QED) is 0.796. The van der Waals surface area contributed by atoms with Gasteiger partial charge in [-0.1, -0.05) is 31.8 Å². The van der Waals surface area contributed by atoms with E-state index in [0.717, 1.165) is 12.8 Å². The second kappa shape index (κ2) is 5.87. The Kier molecular flexibility index (Phi) is 4.43. The summed E-state index contributed by atoms with van der Waals surface area (Å²) >= 11 is 0. The predicted octanol–water partition coefficient (Wildman–Crippen LogP) is 1.77. The van der Waals surface area contributed by atoms with Gasteiger partial charge in [0.25, 0.3) is 0 Å². The summed E-state index contributed by atoms with van der Waals surface area (Å²) < 4.78 is 22.5. The van der Waals surface area contributed by atoms with Crippen molar-refractivity contribution in [2.45, 2.75) is 51.0 Å². The van der Waals surface area contributed by atoms with Crippen molar-refractivity contribution in [1.29, 1.82) is 0 Å². The zero-order valence-electron chi connectivity index (χ0n) is 10.6. The molecule has 0 aromatic carbocycles. The van der Waals surface area contributed by atoms with Gasteiger partial charge in [0.2, 0.25) is 5.91 Å². The fraction of sp³-hybridized carbons (Fsp3) is 0.769. The molecule has 1 atom stereocenters. The lowest BCUT2D eigenvalue weighted by molar-refractivity contribution is -0.122. The number of carbonyl (C=O) groups excluding carboxylic acids is 1. The van der Waals surface area contributed by atoms with Gasteiger partial charge in [0, 0.05) is 23.8 Å². The Hall–Kier alpha value is -0.840. The maximum absolute atomic E-state index is 11.9. The highest BCUT2D eigenvalue weighted by Gasteiger charge is 2.24. The highest BCUT2D eigenvalue weighted by atomic mass is 32.2. The molecule has 1 fully saturated rings. The van der Waals surface area contributed by atoms with E-state index in [1.807, 2.05) is 0 Å². The molecule has 0 aromatic heterocycles. The Bertz CT molecular complexity index is 420. The Morgan fingerprint density at radius 1 is 1.17 bits per heavy atom. The Labute approximate surface area is 109 Å². The Morgan fingerprint density at radius 3 is 2.39 bits per heavy atom. The van der Waals surface area contributed by atoms with Crippen LogP contribution in [0.5, 0.6) is 0 Å². The smallest absolute Gasteiger partial charge is 0.220 e. The van der Waals surface area contributed by atoms with Crippen LogP contribution in [0.15, 0.2) is 11.5 Å². The van der Waals surface area contributed by atoms with Crippen molar-refractivity contribution < 1.29 is 13.2 Å². The zero-order chi connectivity index (χ0) is 13.0. The summed E-state index contributed by atoms with van der Waals surface area (Å²) in [6.07, 6.45) is 8.95. The average molecular weight is 271 g/mol. The molecular formula is C13H21NO3S. The molecule has 0 bridgehead atoms. The van der Waals surface area contributed by atoms with Gasteiger partial charge in [-0.3, -0.25) is 4.79 Å². The van der Waals surface area contributed by atoms with Crippen LogP contribution in [-0.2, 0) is 14.6 Å². The van der Waals surface area contributed by atoms with Crippen LogP contribution in [0.4, 0.5) is 0 Å². The number of hydrogen-bond donors (Lipinski definition) is 1. The Balaban J connectivity index is 1.77. The van der Waals surface area contributed by atoms with Gasteiger partial charge in [-0.2, -0.15) is 0 Å². The first-order valence-electron chi connectivity index (χ1n) is 6.75. The minimum Gasteiger partial charge on any atom is -0.353 e. The minimum atomic E-state index is -3.04. The van der Waals surface area contributed by atoms with Crippen molar-refractivity contribution in [3.8, 4) is 0 Å². The van der Waals surface area contributed by atoms with E-state index in [0.29, 0.717) is 12.5 Å². The number of amides is 1. The molecular weight excluding hydrogens is 250 g/mol.